The normalized spacial score (nSPS) is 11.4. The number of methoxy groups -OCH3 is 1. The minimum absolute atomic E-state index is 0.173. The van der Waals surface area contributed by atoms with Crippen LogP contribution in [0, 0.1) is 5.41 Å². The van der Waals surface area contributed by atoms with Gasteiger partial charge in [-0.3, -0.25) is 0 Å². The van der Waals surface area contributed by atoms with Crippen molar-refractivity contribution in [2.24, 2.45) is 11.1 Å². The van der Waals surface area contributed by atoms with Crippen molar-refractivity contribution in [2.45, 2.75) is 20.3 Å². The second-order valence-electron chi connectivity index (χ2n) is 4.89. The van der Waals surface area contributed by atoms with Gasteiger partial charge in [-0.15, -0.1) is 0 Å². The van der Waals surface area contributed by atoms with Crippen LogP contribution in [0.25, 0.3) is 0 Å². The Kier molecular flexibility index (Phi) is 5.28. The molecule has 0 aromatic heterocycles. The summed E-state index contributed by atoms with van der Waals surface area (Å²) in [6.45, 7) is 5.93. The number of anilines is 1. The molecule has 0 aliphatic heterocycles. The summed E-state index contributed by atoms with van der Waals surface area (Å²) in [7, 11) is 1.68. The summed E-state index contributed by atoms with van der Waals surface area (Å²) in [4.78, 5) is 0. The maximum absolute atomic E-state index is 5.71. The summed E-state index contributed by atoms with van der Waals surface area (Å²) >= 11 is 3.46. The Morgan fingerprint density at radius 3 is 2.71 bits per heavy atom. The first-order valence-electron chi connectivity index (χ1n) is 5.76. The molecule has 0 amide bonds. The minimum atomic E-state index is 0.173. The lowest BCUT2D eigenvalue weighted by molar-refractivity contribution is 0.357. The molecule has 0 atom stereocenters. The van der Waals surface area contributed by atoms with Crippen LogP contribution in [0.1, 0.15) is 20.3 Å². The quantitative estimate of drug-likeness (QED) is 0.848. The van der Waals surface area contributed by atoms with Gasteiger partial charge in [0.1, 0.15) is 5.75 Å². The van der Waals surface area contributed by atoms with E-state index in [-0.39, 0.29) is 5.41 Å². The number of rotatable bonds is 6. The van der Waals surface area contributed by atoms with Crippen molar-refractivity contribution in [1.82, 2.24) is 0 Å². The van der Waals surface area contributed by atoms with Crippen LogP contribution < -0.4 is 15.8 Å². The van der Waals surface area contributed by atoms with Crippen LogP contribution in [0.5, 0.6) is 5.75 Å². The van der Waals surface area contributed by atoms with Gasteiger partial charge >= 0.3 is 0 Å². The van der Waals surface area contributed by atoms with Crippen molar-refractivity contribution >= 4 is 21.6 Å². The molecule has 1 aromatic carbocycles. The Morgan fingerprint density at radius 1 is 1.41 bits per heavy atom. The predicted octanol–water partition coefficient (Wildman–Crippen LogP) is 3.24. The Bertz CT molecular complexity index is 366. The highest BCUT2D eigenvalue weighted by molar-refractivity contribution is 9.10. The summed E-state index contributed by atoms with van der Waals surface area (Å²) in [5.41, 5.74) is 6.89. The zero-order valence-corrected chi connectivity index (χ0v) is 12.3. The molecule has 17 heavy (non-hydrogen) atoms. The standard InChI is InChI=1S/C13H21BrN2O/c1-13(2,9-15)6-7-16-11-8-10(14)4-5-12(11)17-3/h4-5,8,16H,6-7,9,15H2,1-3H3. The number of nitrogens with one attached hydrogen (secondary N) is 1. The molecule has 0 spiro atoms. The van der Waals surface area contributed by atoms with Gasteiger partial charge in [0.2, 0.25) is 0 Å². The van der Waals surface area contributed by atoms with Crippen LogP contribution in [-0.4, -0.2) is 20.2 Å². The number of hydrogen-bond acceptors (Lipinski definition) is 3. The second kappa shape index (κ2) is 6.26. The maximum atomic E-state index is 5.71. The van der Waals surface area contributed by atoms with Crippen LogP contribution in [0.15, 0.2) is 22.7 Å². The van der Waals surface area contributed by atoms with E-state index in [0.29, 0.717) is 6.54 Å². The highest BCUT2D eigenvalue weighted by Gasteiger charge is 2.15. The fourth-order valence-corrected chi connectivity index (χ4v) is 1.82. The molecule has 1 rings (SSSR count). The number of ether oxygens (including phenoxy) is 1. The fourth-order valence-electron chi connectivity index (χ4n) is 1.46. The zero-order valence-electron chi connectivity index (χ0n) is 10.7. The summed E-state index contributed by atoms with van der Waals surface area (Å²) in [5.74, 6) is 0.860. The van der Waals surface area contributed by atoms with Crippen LogP contribution in [0.4, 0.5) is 5.69 Å². The molecule has 3 nitrogen and oxygen atoms in total. The smallest absolute Gasteiger partial charge is 0.142 e. The van der Waals surface area contributed by atoms with E-state index in [9.17, 15) is 0 Å². The van der Waals surface area contributed by atoms with E-state index in [4.69, 9.17) is 10.5 Å². The molecule has 0 fully saturated rings. The first-order valence-corrected chi connectivity index (χ1v) is 6.55. The number of halogens is 1. The Morgan fingerprint density at radius 2 is 2.12 bits per heavy atom. The molecular formula is C13H21BrN2O. The predicted molar refractivity (Wildman–Crippen MR) is 76.6 cm³/mol. The molecule has 0 aliphatic carbocycles. The average Bonchev–Trinajstić information content (AvgIpc) is 2.29. The van der Waals surface area contributed by atoms with Crippen LogP contribution >= 0.6 is 15.9 Å². The third-order valence-electron chi connectivity index (χ3n) is 2.83. The SMILES string of the molecule is COc1ccc(Br)cc1NCCC(C)(C)CN. The first-order chi connectivity index (χ1) is 7.98. The van der Waals surface area contributed by atoms with Gasteiger partial charge in [-0.2, -0.15) is 0 Å². The third-order valence-corrected chi connectivity index (χ3v) is 3.32. The summed E-state index contributed by atoms with van der Waals surface area (Å²) < 4.78 is 6.34. The van der Waals surface area contributed by atoms with Gasteiger partial charge in [-0.05, 0) is 36.6 Å². The monoisotopic (exact) mass is 300 g/mol. The lowest BCUT2D eigenvalue weighted by Gasteiger charge is -2.22. The number of benzene rings is 1. The van der Waals surface area contributed by atoms with Gasteiger partial charge in [-0.1, -0.05) is 29.8 Å². The molecule has 3 N–H and O–H groups in total. The maximum Gasteiger partial charge on any atom is 0.142 e. The fraction of sp³-hybridized carbons (Fsp3) is 0.538. The summed E-state index contributed by atoms with van der Waals surface area (Å²) in [6, 6.07) is 5.93. The molecular weight excluding hydrogens is 280 g/mol. The summed E-state index contributed by atoms with van der Waals surface area (Å²) in [6.07, 6.45) is 1.03. The number of hydrogen-bond donors (Lipinski definition) is 2. The van der Waals surface area contributed by atoms with E-state index < -0.39 is 0 Å². The molecule has 1 aromatic rings. The van der Waals surface area contributed by atoms with Crippen LogP contribution in [-0.2, 0) is 0 Å². The van der Waals surface area contributed by atoms with E-state index in [2.05, 4.69) is 35.1 Å². The minimum Gasteiger partial charge on any atom is -0.495 e. The van der Waals surface area contributed by atoms with Crippen LogP contribution in [0.2, 0.25) is 0 Å². The molecule has 0 saturated carbocycles. The molecule has 4 heteroatoms. The van der Waals surface area contributed by atoms with Crippen molar-refractivity contribution in [1.29, 1.82) is 0 Å². The lowest BCUT2D eigenvalue weighted by atomic mass is 9.90. The molecule has 0 bridgehead atoms. The molecule has 96 valence electrons. The van der Waals surface area contributed by atoms with E-state index in [1.165, 1.54) is 0 Å². The molecule has 0 unspecified atom stereocenters. The van der Waals surface area contributed by atoms with Crippen molar-refractivity contribution in [2.75, 3.05) is 25.5 Å². The van der Waals surface area contributed by atoms with E-state index in [1.807, 2.05) is 18.2 Å². The van der Waals surface area contributed by atoms with Crippen molar-refractivity contribution in [3.05, 3.63) is 22.7 Å². The van der Waals surface area contributed by atoms with E-state index in [0.717, 1.165) is 28.9 Å². The topological polar surface area (TPSA) is 47.3 Å². The zero-order chi connectivity index (χ0) is 12.9. The van der Waals surface area contributed by atoms with Gasteiger partial charge in [0.15, 0.2) is 0 Å². The third kappa shape index (κ3) is 4.56. The van der Waals surface area contributed by atoms with E-state index >= 15 is 0 Å². The highest BCUT2D eigenvalue weighted by atomic mass is 79.9. The van der Waals surface area contributed by atoms with Gasteiger partial charge in [0.05, 0.1) is 12.8 Å². The van der Waals surface area contributed by atoms with Crippen LogP contribution in [0.3, 0.4) is 0 Å². The van der Waals surface area contributed by atoms with Gasteiger partial charge in [-0.25, -0.2) is 0 Å². The Labute approximate surface area is 112 Å². The highest BCUT2D eigenvalue weighted by Crippen LogP contribution is 2.28. The van der Waals surface area contributed by atoms with Crippen molar-refractivity contribution < 1.29 is 4.74 Å². The van der Waals surface area contributed by atoms with Gasteiger partial charge < -0.3 is 15.8 Å². The first kappa shape index (κ1) is 14.3. The number of nitrogens with two attached hydrogens (primary N) is 1. The average molecular weight is 301 g/mol. The Balaban J connectivity index is 2.59. The lowest BCUT2D eigenvalue weighted by Crippen LogP contribution is -2.26. The van der Waals surface area contributed by atoms with Crippen molar-refractivity contribution in [3.8, 4) is 5.75 Å². The molecule has 0 saturated heterocycles. The van der Waals surface area contributed by atoms with E-state index in [1.54, 1.807) is 7.11 Å². The second-order valence-corrected chi connectivity index (χ2v) is 5.81. The molecule has 0 radical (unpaired) electrons. The largest absolute Gasteiger partial charge is 0.495 e. The van der Waals surface area contributed by atoms with Gasteiger partial charge in [0, 0.05) is 11.0 Å². The molecule has 0 aliphatic rings. The Hall–Kier alpha value is -0.740. The van der Waals surface area contributed by atoms with Gasteiger partial charge in [0.25, 0.3) is 0 Å². The summed E-state index contributed by atoms with van der Waals surface area (Å²) in [5, 5.41) is 3.38. The van der Waals surface area contributed by atoms with Crippen molar-refractivity contribution in [3.63, 3.8) is 0 Å². The molecule has 0 heterocycles.